The van der Waals surface area contributed by atoms with Gasteiger partial charge in [-0.2, -0.15) is 0 Å². The Morgan fingerprint density at radius 1 is 1.18 bits per heavy atom. The van der Waals surface area contributed by atoms with Gasteiger partial charge in [-0.25, -0.2) is 13.1 Å². The van der Waals surface area contributed by atoms with Gasteiger partial charge >= 0.3 is 0 Å². The third-order valence-electron chi connectivity index (χ3n) is 2.67. The lowest BCUT2D eigenvalue weighted by Gasteiger charge is -2.11. The lowest BCUT2D eigenvalue weighted by Crippen LogP contribution is -2.30. The van der Waals surface area contributed by atoms with Crippen molar-refractivity contribution in [2.24, 2.45) is 5.73 Å². The number of rotatable bonds is 7. The molecule has 0 spiro atoms. The summed E-state index contributed by atoms with van der Waals surface area (Å²) in [5.74, 6) is -0.136. The van der Waals surface area contributed by atoms with Crippen LogP contribution in [0.1, 0.15) is 33.6 Å². The summed E-state index contributed by atoms with van der Waals surface area (Å²) in [7, 11) is -3.51. The van der Waals surface area contributed by atoms with E-state index in [2.05, 4.69) is 10.0 Å². The summed E-state index contributed by atoms with van der Waals surface area (Å²) in [4.78, 5) is 11.8. The van der Waals surface area contributed by atoms with Crippen LogP contribution in [0.3, 0.4) is 0 Å². The molecular formula is C14H24ClN3O3S. The van der Waals surface area contributed by atoms with Gasteiger partial charge in [-0.05, 0) is 51.5 Å². The molecule has 1 aromatic rings. The predicted molar refractivity (Wildman–Crippen MR) is 90.7 cm³/mol. The Morgan fingerprint density at radius 2 is 1.73 bits per heavy atom. The summed E-state index contributed by atoms with van der Waals surface area (Å²) in [6.07, 6.45) is 0.948. The Bertz CT molecular complexity index is 572. The second kappa shape index (κ2) is 9.09. The number of nitrogens with two attached hydrogens (primary N) is 1. The van der Waals surface area contributed by atoms with Crippen LogP contribution >= 0.6 is 12.4 Å². The van der Waals surface area contributed by atoms with Gasteiger partial charge in [-0.1, -0.05) is 0 Å². The van der Waals surface area contributed by atoms with Crippen molar-refractivity contribution in [1.29, 1.82) is 0 Å². The van der Waals surface area contributed by atoms with Gasteiger partial charge in [0.1, 0.15) is 0 Å². The lowest BCUT2D eigenvalue weighted by molar-refractivity contribution is -0.116. The highest BCUT2D eigenvalue weighted by Crippen LogP contribution is 2.14. The van der Waals surface area contributed by atoms with Crippen molar-refractivity contribution in [2.45, 2.75) is 50.6 Å². The van der Waals surface area contributed by atoms with Crippen LogP contribution in [-0.2, 0) is 14.8 Å². The molecule has 1 atom stereocenters. The molecule has 8 heteroatoms. The summed E-state index contributed by atoms with van der Waals surface area (Å²) in [5.41, 5.74) is 6.15. The molecule has 0 fully saturated rings. The molecule has 0 heterocycles. The summed E-state index contributed by atoms with van der Waals surface area (Å²) in [6, 6.07) is 5.87. The summed E-state index contributed by atoms with van der Waals surface area (Å²) in [5, 5.41) is 2.71. The fourth-order valence-corrected chi connectivity index (χ4v) is 2.93. The molecular weight excluding hydrogens is 326 g/mol. The molecule has 6 nitrogen and oxygen atoms in total. The zero-order chi connectivity index (χ0) is 16.0. The lowest BCUT2D eigenvalue weighted by atomic mass is 10.2. The maximum Gasteiger partial charge on any atom is 0.240 e. The highest BCUT2D eigenvalue weighted by Gasteiger charge is 2.15. The maximum absolute atomic E-state index is 11.9. The number of nitrogens with one attached hydrogen (secondary N) is 2. The van der Waals surface area contributed by atoms with Crippen molar-refractivity contribution >= 4 is 34.0 Å². The Kier molecular flexibility index (Phi) is 8.62. The first-order valence-corrected chi connectivity index (χ1v) is 8.37. The average Bonchev–Trinajstić information content (AvgIpc) is 2.35. The van der Waals surface area contributed by atoms with Crippen molar-refractivity contribution < 1.29 is 13.2 Å². The summed E-state index contributed by atoms with van der Waals surface area (Å²) < 4.78 is 26.4. The van der Waals surface area contributed by atoms with E-state index >= 15 is 0 Å². The monoisotopic (exact) mass is 349 g/mol. The number of carbonyl (C=O) groups is 1. The van der Waals surface area contributed by atoms with E-state index in [1.54, 1.807) is 26.0 Å². The first kappa shape index (κ1) is 20.9. The number of hydrogen-bond acceptors (Lipinski definition) is 4. The highest BCUT2D eigenvalue weighted by molar-refractivity contribution is 7.89. The van der Waals surface area contributed by atoms with Gasteiger partial charge in [0, 0.05) is 24.2 Å². The second-order valence-corrected chi connectivity index (χ2v) is 7.08. The molecule has 0 aliphatic carbocycles. The van der Waals surface area contributed by atoms with E-state index in [-0.39, 0.29) is 35.3 Å². The zero-order valence-corrected chi connectivity index (χ0v) is 14.6. The van der Waals surface area contributed by atoms with Crippen LogP contribution < -0.4 is 15.8 Å². The molecule has 0 radical (unpaired) electrons. The quantitative estimate of drug-likeness (QED) is 0.699. The van der Waals surface area contributed by atoms with Crippen LogP contribution in [0.4, 0.5) is 5.69 Å². The number of anilines is 1. The van der Waals surface area contributed by atoms with Crippen molar-refractivity contribution in [2.75, 3.05) is 5.32 Å². The standard InChI is InChI=1S/C14H23N3O3S.ClH/c1-10(2)17-21(19,20)13-7-5-12(6-8-13)16-14(18)9-4-11(3)15;/h5-8,10-11,17H,4,9,15H2,1-3H3,(H,16,18);1H. The molecule has 0 aromatic heterocycles. The van der Waals surface area contributed by atoms with Gasteiger partial charge in [-0.15, -0.1) is 12.4 Å². The zero-order valence-electron chi connectivity index (χ0n) is 13.0. The van der Waals surface area contributed by atoms with Crippen LogP contribution in [-0.4, -0.2) is 26.4 Å². The topological polar surface area (TPSA) is 101 Å². The van der Waals surface area contributed by atoms with Crippen molar-refractivity contribution in [3.05, 3.63) is 24.3 Å². The minimum absolute atomic E-state index is 0. The molecule has 126 valence electrons. The predicted octanol–water partition coefficient (Wildman–Crippen LogP) is 1.86. The van der Waals surface area contributed by atoms with E-state index in [1.165, 1.54) is 12.1 Å². The SMILES string of the molecule is CC(N)CCC(=O)Nc1ccc(S(=O)(=O)NC(C)C)cc1.Cl. The van der Waals surface area contributed by atoms with Gasteiger partial charge in [0.25, 0.3) is 0 Å². The fraction of sp³-hybridized carbons (Fsp3) is 0.500. The first-order valence-electron chi connectivity index (χ1n) is 6.88. The van der Waals surface area contributed by atoms with Crippen molar-refractivity contribution in [3.8, 4) is 0 Å². The van der Waals surface area contributed by atoms with Gasteiger partial charge in [0.05, 0.1) is 4.90 Å². The van der Waals surface area contributed by atoms with Gasteiger partial charge in [-0.3, -0.25) is 4.79 Å². The number of halogens is 1. The largest absolute Gasteiger partial charge is 0.328 e. The van der Waals surface area contributed by atoms with E-state index < -0.39 is 10.0 Å². The Hall–Kier alpha value is -1.15. The van der Waals surface area contributed by atoms with E-state index in [0.29, 0.717) is 18.5 Å². The number of benzene rings is 1. The molecule has 0 saturated heterocycles. The Labute approximate surface area is 138 Å². The van der Waals surface area contributed by atoms with Crippen LogP contribution in [0.2, 0.25) is 0 Å². The van der Waals surface area contributed by atoms with Crippen molar-refractivity contribution in [1.82, 2.24) is 4.72 Å². The van der Waals surface area contributed by atoms with Gasteiger partial charge < -0.3 is 11.1 Å². The van der Waals surface area contributed by atoms with Crippen LogP contribution in [0.25, 0.3) is 0 Å². The molecule has 22 heavy (non-hydrogen) atoms. The average molecular weight is 350 g/mol. The molecule has 0 aliphatic heterocycles. The molecule has 4 N–H and O–H groups in total. The summed E-state index contributed by atoms with van der Waals surface area (Å²) in [6.45, 7) is 5.35. The first-order chi connectivity index (χ1) is 9.70. The third-order valence-corrected chi connectivity index (χ3v) is 4.34. The van der Waals surface area contributed by atoms with Crippen molar-refractivity contribution in [3.63, 3.8) is 0 Å². The van der Waals surface area contributed by atoms with Crippen LogP contribution in [0.15, 0.2) is 29.2 Å². The maximum atomic E-state index is 11.9. The van der Waals surface area contributed by atoms with Gasteiger partial charge in [0.2, 0.25) is 15.9 Å². The van der Waals surface area contributed by atoms with E-state index in [4.69, 9.17) is 5.73 Å². The number of amides is 1. The molecule has 0 aliphatic rings. The van der Waals surface area contributed by atoms with Crippen LogP contribution in [0.5, 0.6) is 0 Å². The van der Waals surface area contributed by atoms with E-state index in [9.17, 15) is 13.2 Å². The Morgan fingerprint density at radius 3 is 2.18 bits per heavy atom. The molecule has 1 unspecified atom stereocenters. The third kappa shape index (κ3) is 7.22. The normalized spacial score (nSPS) is 12.6. The highest BCUT2D eigenvalue weighted by atomic mass is 35.5. The summed E-state index contributed by atoms with van der Waals surface area (Å²) >= 11 is 0. The minimum atomic E-state index is -3.51. The molecule has 0 saturated carbocycles. The second-order valence-electron chi connectivity index (χ2n) is 5.36. The number of hydrogen-bond donors (Lipinski definition) is 3. The molecule has 1 amide bonds. The number of sulfonamides is 1. The Balaban J connectivity index is 0.00000441. The van der Waals surface area contributed by atoms with E-state index in [1.807, 2.05) is 6.92 Å². The molecule has 1 rings (SSSR count). The smallest absolute Gasteiger partial charge is 0.240 e. The molecule has 0 bridgehead atoms. The van der Waals surface area contributed by atoms with E-state index in [0.717, 1.165) is 0 Å². The molecule has 1 aromatic carbocycles. The van der Waals surface area contributed by atoms with Gasteiger partial charge in [0.15, 0.2) is 0 Å². The number of carbonyl (C=O) groups excluding carboxylic acids is 1. The minimum Gasteiger partial charge on any atom is -0.328 e. The fourth-order valence-electron chi connectivity index (χ4n) is 1.68. The van der Waals surface area contributed by atoms with Crippen LogP contribution in [0, 0.1) is 0 Å².